The molecular weight excluding hydrogens is 350 g/mol. The number of guanidine groups is 1. The first kappa shape index (κ1) is 20.9. The zero-order valence-electron chi connectivity index (χ0n) is 17.6. The Hall–Kier alpha value is -1.82. The van der Waals surface area contributed by atoms with Crippen molar-refractivity contribution in [2.24, 2.45) is 4.99 Å². The Labute approximate surface area is 170 Å². The lowest BCUT2D eigenvalue weighted by Crippen LogP contribution is -2.48. The van der Waals surface area contributed by atoms with Gasteiger partial charge in [-0.1, -0.05) is 13.0 Å². The Morgan fingerprint density at radius 2 is 1.96 bits per heavy atom. The molecule has 6 nitrogen and oxygen atoms in total. The standard InChI is InChI=1S/C22H37N5O/c1-3-13-27-14-11-19(12-15-27)26-22(23-4-2)25-17-18-9-10-21(24-16-18)28-20-7-5-6-8-20/h9-10,16,19-20H,3-8,11-15,17H2,1-2H3,(H2,23,25,26). The monoisotopic (exact) mass is 387 g/mol. The van der Waals surface area contributed by atoms with E-state index in [0.717, 1.165) is 36.8 Å². The predicted octanol–water partition coefficient (Wildman–Crippen LogP) is 3.33. The van der Waals surface area contributed by atoms with Gasteiger partial charge in [0, 0.05) is 37.9 Å². The highest BCUT2D eigenvalue weighted by Gasteiger charge is 2.19. The molecule has 1 saturated carbocycles. The normalized spacial score (nSPS) is 19.7. The maximum Gasteiger partial charge on any atom is 0.213 e. The molecule has 2 heterocycles. The Kier molecular flexibility index (Phi) is 8.40. The molecule has 2 fully saturated rings. The van der Waals surface area contributed by atoms with Crippen molar-refractivity contribution in [2.75, 3.05) is 26.2 Å². The van der Waals surface area contributed by atoms with E-state index in [1.54, 1.807) is 0 Å². The SMILES string of the molecule is CCCN1CCC(NC(=NCc2ccc(OC3CCCC3)nc2)NCC)CC1. The van der Waals surface area contributed by atoms with Crippen molar-refractivity contribution < 1.29 is 4.74 Å². The third-order valence-electron chi connectivity index (χ3n) is 5.62. The van der Waals surface area contributed by atoms with Crippen LogP contribution < -0.4 is 15.4 Å². The van der Waals surface area contributed by atoms with Gasteiger partial charge in [0.05, 0.1) is 6.54 Å². The molecular formula is C22H37N5O. The predicted molar refractivity (Wildman–Crippen MR) is 115 cm³/mol. The van der Waals surface area contributed by atoms with Crippen LogP contribution in [-0.4, -0.2) is 54.2 Å². The summed E-state index contributed by atoms with van der Waals surface area (Å²) >= 11 is 0. The molecule has 156 valence electrons. The molecule has 1 aliphatic heterocycles. The van der Waals surface area contributed by atoms with E-state index in [1.165, 1.54) is 51.7 Å². The van der Waals surface area contributed by atoms with Gasteiger partial charge < -0.3 is 20.3 Å². The molecule has 2 aliphatic rings. The summed E-state index contributed by atoms with van der Waals surface area (Å²) in [6.07, 6.45) is 10.7. The van der Waals surface area contributed by atoms with Crippen LogP contribution in [0, 0.1) is 0 Å². The number of aliphatic imine (C=N–C) groups is 1. The number of pyridine rings is 1. The maximum absolute atomic E-state index is 5.95. The third-order valence-corrected chi connectivity index (χ3v) is 5.62. The van der Waals surface area contributed by atoms with Gasteiger partial charge in [-0.2, -0.15) is 0 Å². The molecule has 1 aromatic rings. The highest BCUT2D eigenvalue weighted by Crippen LogP contribution is 2.22. The van der Waals surface area contributed by atoms with Crippen molar-refractivity contribution >= 4 is 5.96 Å². The molecule has 1 aromatic heterocycles. The minimum absolute atomic E-state index is 0.352. The molecule has 0 radical (unpaired) electrons. The lowest BCUT2D eigenvalue weighted by molar-refractivity contribution is 0.201. The van der Waals surface area contributed by atoms with Crippen LogP contribution >= 0.6 is 0 Å². The smallest absolute Gasteiger partial charge is 0.213 e. The lowest BCUT2D eigenvalue weighted by Gasteiger charge is -2.32. The van der Waals surface area contributed by atoms with Crippen LogP contribution in [0.1, 0.15) is 64.4 Å². The fourth-order valence-electron chi connectivity index (χ4n) is 4.05. The van der Waals surface area contributed by atoms with Gasteiger partial charge in [0.25, 0.3) is 0 Å². The largest absolute Gasteiger partial charge is 0.474 e. The van der Waals surface area contributed by atoms with Crippen molar-refractivity contribution in [3.63, 3.8) is 0 Å². The van der Waals surface area contributed by atoms with Gasteiger partial charge in [-0.3, -0.25) is 0 Å². The van der Waals surface area contributed by atoms with Gasteiger partial charge in [-0.25, -0.2) is 9.98 Å². The molecule has 3 rings (SSSR count). The molecule has 2 N–H and O–H groups in total. The Bertz CT molecular complexity index is 589. The summed E-state index contributed by atoms with van der Waals surface area (Å²) in [4.78, 5) is 11.8. The molecule has 0 atom stereocenters. The van der Waals surface area contributed by atoms with E-state index in [1.807, 2.05) is 12.3 Å². The van der Waals surface area contributed by atoms with E-state index >= 15 is 0 Å². The van der Waals surface area contributed by atoms with Crippen LogP contribution in [0.5, 0.6) is 5.88 Å². The third kappa shape index (κ3) is 6.66. The number of ether oxygens (including phenoxy) is 1. The fourth-order valence-corrected chi connectivity index (χ4v) is 4.05. The van der Waals surface area contributed by atoms with Crippen molar-refractivity contribution in [3.05, 3.63) is 23.9 Å². The zero-order valence-corrected chi connectivity index (χ0v) is 17.6. The number of aromatic nitrogens is 1. The van der Waals surface area contributed by atoms with Crippen molar-refractivity contribution in [3.8, 4) is 5.88 Å². The summed E-state index contributed by atoms with van der Waals surface area (Å²) in [6.45, 7) is 9.43. The van der Waals surface area contributed by atoms with Gasteiger partial charge in [-0.15, -0.1) is 0 Å². The summed E-state index contributed by atoms with van der Waals surface area (Å²) in [7, 11) is 0. The van der Waals surface area contributed by atoms with Gasteiger partial charge in [0.15, 0.2) is 5.96 Å². The van der Waals surface area contributed by atoms with E-state index in [9.17, 15) is 0 Å². The van der Waals surface area contributed by atoms with Gasteiger partial charge in [0.1, 0.15) is 6.10 Å². The summed E-state index contributed by atoms with van der Waals surface area (Å²) in [5, 5.41) is 6.99. The minimum Gasteiger partial charge on any atom is -0.474 e. The highest BCUT2D eigenvalue weighted by atomic mass is 16.5. The maximum atomic E-state index is 5.95. The zero-order chi connectivity index (χ0) is 19.6. The number of hydrogen-bond acceptors (Lipinski definition) is 4. The van der Waals surface area contributed by atoms with Gasteiger partial charge in [0.2, 0.25) is 5.88 Å². The average Bonchev–Trinajstić information content (AvgIpc) is 3.22. The molecule has 1 aliphatic carbocycles. The molecule has 28 heavy (non-hydrogen) atoms. The second-order valence-electron chi connectivity index (χ2n) is 7.98. The summed E-state index contributed by atoms with van der Waals surface area (Å²) in [5.41, 5.74) is 1.11. The number of hydrogen-bond donors (Lipinski definition) is 2. The molecule has 0 amide bonds. The first-order chi connectivity index (χ1) is 13.8. The van der Waals surface area contributed by atoms with E-state index in [0.29, 0.717) is 18.7 Å². The number of rotatable bonds is 8. The fraction of sp³-hybridized carbons (Fsp3) is 0.727. The van der Waals surface area contributed by atoms with Crippen LogP contribution in [0.15, 0.2) is 23.3 Å². The summed E-state index contributed by atoms with van der Waals surface area (Å²) in [6, 6.07) is 4.56. The minimum atomic E-state index is 0.352. The van der Waals surface area contributed by atoms with Crippen molar-refractivity contribution in [1.29, 1.82) is 0 Å². The van der Waals surface area contributed by atoms with Crippen molar-refractivity contribution in [1.82, 2.24) is 20.5 Å². The van der Waals surface area contributed by atoms with Crippen LogP contribution in [0.3, 0.4) is 0 Å². The van der Waals surface area contributed by atoms with Crippen LogP contribution in [0.4, 0.5) is 0 Å². The highest BCUT2D eigenvalue weighted by molar-refractivity contribution is 5.80. The average molecular weight is 388 g/mol. The Morgan fingerprint density at radius 3 is 2.61 bits per heavy atom. The quantitative estimate of drug-likeness (QED) is 0.529. The van der Waals surface area contributed by atoms with E-state index in [4.69, 9.17) is 9.73 Å². The summed E-state index contributed by atoms with van der Waals surface area (Å²) < 4.78 is 5.95. The second kappa shape index (κ2) is 11.2. The number of piperidine rings is 1. The van der Waals surface area contributed by atoms with Crippen LogP contribution in [0.2, 0.25) is 0 Å². The van der Waals surface area contributed by atoms with Crippen LogP contribution in [0.25, 0.3) is 0 Å². The van der Waals surface area contributed by atoms with Gasteiger partial charge in [-0.05, 0) is 64.0 Å². The summed E-state index contributed by atoms with van der Waals surface area (Å²) in [5.74, 6) is 1.64. The molecule has 0 bridgehead atoms. The molecule has 0 spiro atoms. The molecule has 1 saturated heterocycles. The molecule has 0 unspecified atom stereocenters. The number of likely N-dealkylation sites (tertiary alicyclic amines) is 1. The Balaban J connectivity index is 1.48. The second-order valence-corrected chi connectivity index (χ2v) is 7.98. The lowest BCUT2D eigenvalue weighted by atomic mass is 10.1. The molecule has 0 aromatic carbocycles. The number of nitrogens with zero attached hydrogens (tertiary/aromatic N) is 3. The topological polar surface area (TPSA) is 61.8 Å². The van der Waals surface area contributed by atoms with E-state index < -0.39 is 0 Å². The van der Waals surface area contributed by atoms with E-state index in [2.05, 4.69) is 40.4 Å². The first-order valence-electron chi connectivity index (χ1n) is 11.2. The Morgan fingerprint density at radius 1 is 1.18 bits per heavy atom. The molecule has 6 heteroatoms. The van der Waals surface area contributed by atoms with Crippen LogP contribution in [-0.2, 0) is 6.54 Å². The first-order valence-corrected chi connectivity index (χ1v) is 11.2. The van der Waals surface area contributed by atoms with E-state index in [-0.39, 0.29) is 0 Å². The number of nitrogens with one attached hydrogen (secondary N) is 2. The van der Waals surface area contributed by atoms with Gasteiger partial charge >= 0.3 is 0 Å². The van der Waals surface area contributed by atoms with Crippen molar-refractivity contribution in [2.45, 2.75) is 77.5 Å².